The molecule has 0 bridgehead atoms. The summed E-state index contributed by atoms with van der Waals surface area (Å²) in [6.07, 6.45) is 0. The highest BCUT2D eigenvalue weighted by molar-refractivity contribution is 7.14. The van der Waals surface area contributed by atoms with Crippen molar-refractivity contribution in [1.29, 1.82) is 0 Å². The van der Waals surface area contributed by atoms with Gasteiger partial charge in [-0.15, -0.1) is 11.3 Å². The van der Waals surface area contributed by atoms with E-state index < -0.39 is 0 Å². The smallest absolute Gasteiger partial charge is 0.308 e. The highest BCUT2D eigenvalue weighted by Crippen LogP contribution is 2.16. The third kappa shape index (κ3) is 3.18. The number of thiophene rings is 1. The first-order chi connectivity index (χ1) is 8.65. The van der Waals surface area contributed by atoms with Crippen LogP contribution in [0, 0.1) is 0 Å². The van der Waals surface area contributed by atoms with Crippen molar-refractivity contribution in [3.63, 3.8) is 0 Å². The molecule has 0 unspecified atom stereocenters. The minimum Gasteiger partial charge on any atom is -0.308 e. The van der Waals surface area contributed by atoms with Gasteiger partial charge in [-0.2, -0.15) is 0 Å². The fourth-order valence-corrected chi connectivity index (χ4v) is 2.02. The third-order valence-corrected chi connectivity index (χ3v) is 3.09. The summed E-state index contributed by atoms with van der Waals surface area (Å²) >= 11 is 1.45. The van der Waals surface area contributed by atoms with Crippen LogP contribution in [0.25, 0.3) is 0 Å². The van der Waals surface area contributed by atoms with E-state index in [0.29, 0.717) is 11.3 Å². The van der Waals surface area contributed by atoms with Crippen molar-refractivity contribution in [3.05, 3.63) is 47.3 Å². The Morgan fingerprint density at radius 1 is 1.06 bits per heavy atom. The summed E-state index contributed by atoms with van der Waals surface area (Å²) < 4.78 is 0. The Kier molecular flexibility index (Phi) is 3.74. The number of rotatable bonds is 3. The standard InChI is InChI=1S/C13H12N2O2S/c1-9(16)10-4-6-11(7-5-10)14-13(17)15-12-3-2-8-18-12/h2-8H,1H3,(H2,14,15,17). The molecule has 2 aromatic rings. The van der Waals surface area contributed by atoms with Crippen LogP contribution < -0.4 is 10.6 Å². The molecule has 2 N–H and O–H groups in total. The molecule has 0 aliphatic carbocycles. The van der Waals surface area contributed by atoms with Crippen molar-refractivity contribution in [2.75, 3.05) is 10.6 Å². The molecule has 0 aliphatic rings. The minimum atomic E-state index is -0.298. The van der Waals surface area contributed by atoms with E-state index in [0.717, 1.165) is 5.00 Å². The van der Waals surface area contributed by atoms with E-state index in [9.17, 15) is 9.59 Å². The number of amides is 2. The number of Topliss-reactive ketones (excluding diaryl/α,β-unsaturated/α-hetero) is 1. The lowest BCUT2D eigenvalue weighted by Crippen LogP contribution is -2.18. The highest BCUT2D eigenvalue weighted by atomic mass is 32.1. The monoisotopic (exact) mass is 260 g/mol. The number of ketones is 1. The number of benzene rings is 1. The molecule has 4 nitrogen and oxygen atoms in total. The van der Waals surface area contributed by atoms with Crippen LogP contribution in [-0.4, -0.2) is 11.8 Å². The average molecular weight is 260 g/mol. The van der Waals surface area contributed by atoms with Gasteiger partial charge in [-0.05, 0) is 48.7 Å². The van der Waals surface area contributed by atoms with Crippen molar-refractivity contribution in [2.24, 2.45) is 0 Å². The maximum Gasteiger partial charge on any atom is 0.324 e. The van der Waals surface area contributed by atoms with Crippen molar-refractivity contribution in [2.45, 2.75) is 6.92 Å². The molecule has 2 rings (SSSR count). The number of urea groups is 1. The van der Waals surface area contributed by atoms with Gasteiger partial charge in [-0.25, -0.2) is 4.79 Å². The maximum atomic E-state index is 11.6. The first-order valence-electron chi connectivity index (χ1n) is 5.37. The molecule has 1 aromatic heterocycles. The maximum absolute atomic E-state index is 11.6. The van der Waals surface area contributed by atoms with Crippen LogP contribution in [-0.2, 0) is 0 Å². The molecule has 0 atom stereocenters. The van der Waals surface area contributed by atoms with Crippen molar-refractivity contribution >= 4 is 33.8 Å². The van der Waals surface area contributed by atoms with Gasteiger partial charge in [0.2, 0.25) is 0 Å². The molecule has 0 aliphatic heterocycles. The van der Waals surface area contributed by atoms with Gasteiger partial charge < -0.3 is 5.32 Å². The molecule has 2 amide bonds. The lowest BCUT2D eigenvalue weighted by atomic mass is 10.1. The zero-order chi connectivity index (χ0) is 13.0. The Labute approximate surface area is 109 Å². The number of hydrogen-bond donors (Lipinski definition) is 2. The lowest BCUT2D eigenvalue weighted by molar-refractivity contribution is 0.101. The van der Waals surface area contributed by atoms with Crippen LogP contribution in [0.2, 0.25) is 0 Å². The largest absolute Gasteiger partial charge is 0.324 e. The predicted molar refractivity (Wildman–Crippen MR) is 73.4 cm³/mol. The predicted octanol–water partition coefficient (Wildman–Crippen LogP) is 3.59. The first-order valence-corrected chi connectivity index (χ1v) is 6.25. The molecule has 1 aromatic carbocycles. The lowest BCUT2D eigenvalue weighted by Gasteiger charge is -2.06. The second kappa shape index (κ2) is 5.46. The molecule has 5 heteroatoms. The zero-order valence-corrected chi connectivity index (χ0v) is 10.6. The van der Waals surface area contributed by atoms with Gasteiger partial charge in [-0.1, -0.05) is 0 Å². The zero-order valence-electron chi connectivity index (χ0n) is 9.77. The van der Waals surface area contributed by atoms with Crippen molar-refractivity contribution in [1.82, 2.24) is 0 Å². The first kappa shape index (κ1) is 12.3. The van der Waals surface area contributed by atoms with E-state index in [1.807, 2.05) is 17.5 Å². The van der Waals surface area contributed by atoms with E-state index in [-0.39, 0.29) is 11.8 Å². The van der Waals surface area contributed by atoms with Gasteiger partial charge in [0.05, 0.1) is 5.00 Å². The highest BCUT2D eigenvalue weighted by Gasteiger charge is 2.04. The Bertz CT molecular complexity index is 547. The second-order valence-corrected chi connectivity index (χ2v) is 4.64. The summed E-state index contributed by atoms with van der Waals surface area (Å²) in [6, 6.07) is 10.2. The quantitative estimate of drug-likeness (QED) is 0.828. The minimum absolute atomic E-state index is 0.00425. The van der Waals surface area contributed by atoms with Gasteiger partial charge in [0, 0.05) is 11.3 Å². The summed E-state index contributed by atoms with van der Waals surface area (Å²) in [7, 11) is 0. The Morgan fingerprint density at radius 2 is 1.78 bits per heavy atom. The van der Waals surface area contributed by atoms with E-state index in [4.69, 9.17) is 0 Å². The number of carbonyl (C=O) groups is 2. The fraction of sp³-hybridized carbons (Fsp3) is 0.0769. The van der Waals surface area contributed by atoms with E-state index in [1.165, 1.54) is 18.3 Å². The number of anilines is 2. The third-order valence-electron chi connectivity index (χ3n) is 2.31. The Balaban J connectivity index is 1.97. The fourth-order valence-electron chi connectivity index (χ4n) is 1.41. The van der Waals surface area contributed by atoms with Crippen molar-refractivity contribution in [3.8, 4) is 0 Å². The topological polar surface area (TPSA) is 58.2 Å². The van der Waals surface area contributed by atoms with Crippen LogP contribution in [0.15, 0.2) is 41.8 Å². The van der Waals surface area contributed by atoms with Crippen molar-refractivity contribution < 1.29 is 9.59 Å². The molecule has 0 spiro atoms. The molecule has 0 fully saturated rings. The average Bonchev–Trinajstić information content (AvgIpc) is 2.82. The van der Waals surface area contributed by atoms with E-state index in [1.54, 1.807) is 24.3 Å². The van der Waals surface area contributed by atoms with Crippen LogP contribution in [0.5, 0.6) is 0 Å². The van der Waals surface area contributed by atoms with Gasteiger partial charge in [-0.3, -0.25) is 10.1 Å². The van der Waals surface area contributed by atoms with Gasteiger partial charge >= 0.3 is 6.03 Å². The molecular formula is C13H12N2O2S. The summed E-state index contributed by atoms with van der Waals surface area (Å²) in [5.74, 6) is 0.00425. The van der Waals surface area contributed by atoms with Crippen LogP contribution in [0.1, 0.15) is 17.3 Å². The molecule has 18 heavy (non-hydrogen) atoms. The van der Waals surface area contributed by atoms with Crippen LogP contribution >= 0.6 is 11.3 Å². The second-order valence-electron chi connectivity index (χ2n) is 3.69. The summed E-state index contributed by atoms with van der Waals surface area (Å²) in [6.45, 7) is 1.51. The number of carbonyl (C=O) groups excluding carboxylic acids is 2. The Morgan fingerprint density at radius 3 is 2.33 bits per heavy atom. The molecule has 1 heterocycles. The molecular weight excluding hydrogens is 248 g/mol. The van der Waals surface area contributed by atoms with Crippen LogP contribution in [0.4, 0.5) is 15.5 Å². The Hall–Kier alpha value is -2.14. The number of nitrogens with one attached hydrogen (secondary N) is 2. The molecule has 0 saturated carbocycles. The van der Waals surface area contributed by atoms with Crippen LogP contribution in [0.3, 0.4) is 0 Å². The van der Waals surface area contributed by atoms with Gasteiger partial charge in [0.1, 0.15) is 0 Å². The van der Waals surface area contributed by atoms with Gasteiger partial charge in [0.25, 0.3) is 0 Å². The molecule has 92 valence electrons. The van der Waals surface area contributed by atoms with Gasteiger partial charge in [0.15, 0.2) is 5.78 Å². The normalized spacial score (nSPS) is 9.83. The van der Waals surface area contributed by atoms with E-state index in [2.05, 4.69) is 10.6 Å². The summed E-state index contributed by atoms with van der Waals surface area (Å²) in [5, 5.41) is 8.07. The summed E-state index contributed by atoms with van der Waals surface area (Å²) in [4.78, 5) is 22.7. The molecule has 0 radical (unpaired) electrons. The SMILES string of the molecule is CC(=O)c1ccc(NC(=O)Nc2cccs2)cc1. The molecule has 0 saturated heterocycles. The summed E-state index contributed by atoms with van der Waals surface area (Å²) in [5.41, 5.74) is 1.27. The van der Waals surface area contributed by atoms with E-state index >= 15 is 0 Å². The number of hydrogen-bond acceptors (Lipinski definition) is 3.